The fraction of sp³-hybridized carbons (Fsp3) is 0.100. The van der Waals surface area contributed by atoms with Gasteiger partial charge in [0, 0.05) is 36.4 Å². The fourth-order valence-corrected chi connectivity index (χ4v) is 5.58. The van der Waals surface area contributed by atoms with Crippen LogP contribution in [0.5, 0.6) is 0 Å². The number of fused-ring (bicyclic) bond motifs is 2. The number of hydrogen-bond acceptors (Lipinski definition) is 9. The summed E-state index contributed by atoms with van der Waals surface area (Å²) < 4.78 is 22.4. The molecular formula is C40H34N2O9V2. The van der Waals surface area contributed by atoms with E-state index in [1.807, 2.05) is 109 Å². The van der Waals surface area contributed by atoms with E-state index in [1.165, 1.54) is 24.6 Å². The monoisotopic (exact) mass is 788 g/mol. The van der Waals surface area contributed by atoms with Crippen molar-refractivity contribution in [3.05, 3.63) is 167 Å². The van der Waals surface area contributed by atoms with Gasteiger partial charge in [-0.3, -0.25) is 9.59 Å². The maximum absolute atomic E-state index is 12.2. The molecule has 0 saturated carbocycles. The first-order valence-corrected chi connectivity index (χ1v) is 18.4. The molecule has 53 heavy (non-hydrogen) atoms. The summed E-state index contributed by atoms with van der Waals surface area (Å²) in [4.78, 5) is 47.3. The number of carbonyl (C=O) groups excluding carboxylic acids is 2. The van der Waals surface area contributed by atoms with Crippen LogP contribution in [0.15, 0.2) is 134 Å². The number of carbonyl (C=O) groups is 4. The summed E-state index contributed by atoms with van der Waals surface area (Å²) in [5, 5.41) is 24.7. The van der Waals surface area contributed by atoms with E-state index in [0.717, 1.165) is 33.4 Å². The van der Waals surface area contributed by atoms with E-state index in [0.29, 0.717) is 24.0 Å². The zero-order valence-corrected chi connectivity index (χ0v) is 30.9. The quantitative estimate of drug-likeness (QED) is 0.133. The molecule has 6 rings (SSSR count). The van der Waals surface area contributed by atoms with Crippen molar-refractivity contribution in [3.63, 3.8) is 0 Å². The Morgan fingerprint density at radius 2 is 0.925 bits per heavy atom. The third-order valence-corrected chi connectivity index (χ3v) is 9.01. The molecule has 2 aliphatic rings. The predicted molar refractivity (Wildman–Crippen MR) is 189 cm³/mol. The Hall–Kier alpha value is -5.55. The molecule has 0 radical (unpaired) electrons. The average molecular weight is 789 g/mol. The van der Waals surface area contributed by atoms with E-state index in [9.17, 15) is 36.7 Å². The summed E-state index contributed by atoms with van der Waals surface area (Å²) in [6.07, 6.45) is 10.3. The molecule has 0 spiro atoms. The van der Waals surface area contributed by atoms with Crippen LogP contribution >= 0.6 is 0 Å². The minimum absolute atomic E-state index is 0.134. The second-order valence-electron chi connectivity index (χ2n) is 11.4. The molecule has 0 heterocycles. The minimum atomic E-state index is -1.30. The predicted octanol–water partition coefficient (Wildman–Crippen LogP) is 5.51. The molecule has 2 aliphatic carbocycles. The van der Waals surface area contributed by atoms with Gasteiger partial charge < -0.3 is 20.8 Å². The van der Waals surface area contributed by atoms with Crippen LogP contribution in [0.3, 0.4) is 0 Å². The molecule has 0 fully saturated rings. The average Bonchev–Trinajstić information content (AvgIpc) is 3.17. The molecule has 11 nitrogen and oxygen atoms in total. The first-order valence-electron chi connectivity index (χ1n) is 16.1. The summed E-state index contributed by atoms with van der Waals surface area (Å²) in [6, 6.07) is 32.3. The van der Waals surface area contributed by atoms with Crippen LogP contribution in [0, 0.1) is 0 Å². The first-order chi connectivity index (χ1) is 25.7. The standard InChI is InChI=1S/2C20H17NO3.3O.2V/c2*22-19-11-10-15-8-4-5-9-16(15)17(19)13-21-18(20(23)24)12-14-6-2-1-3-7-14;;;;;/h2*1-11,13,18,21H,12H2,(H,23,24);;;;;/b2*17-13-;;;;;/t2*18-;;;;;/m00...../s1. The Kier molecular flexibility index (Phi) is 16.0. The molecular weight excluding hydrogens is 754 g/mol. The van der Waals surface area contributed by atoms with E-state index in [-0.39, 0.29) is 11.6 Å². The summed E-state index contributed by atoms with van der Waals surface area (Å²) in [7, 11) is 0. The van der Waals surface area contributed by atoms with E-state index < -0.39 is 57.2 Å². The third-order valence-electron chi connectivity index (χ3n) is 7.95. The maximum atomic E-state index is 12.2. The molecule has 13 heteroatoms. The van der Waals surface area contributed by atoms with Gasteiger partial charge in [-0.1, -0.05) is 121 Å². The molecule has 0 bridgehead atoms. The molecule has 0 amide bonds. The molecule has 4 aromatic carbocycles. The van der Waals surface area contributed by atoms with Crippen LogP contribution in [0.2, 0.25) is 0 Å². The molecule has 2 atom stereocenters. The van der Waals surface area contributed by atoms with Crippen LogP contribution in [-0.2, 0) is 75.1 Å². The first kappa shape index (κ1) is 40.2. The van der Waals surface area contributed by atoms with Crippen LogP contribution in [-0.4, -0.2) is 45.8 Å². The summed E-state index contributed by atoms with van der Waals surface area (Å²) in [6.45, 7) is 0. The molecule has 4 aromatic rings. The van der Waals surface area contributed by atoms with E-state index in [4.69, 9.17) is 0 Å². The normalized spacial score (nSPS) is 14.9. The number of rotatable bonds is 12. The second kappa shape index (κ2) is 21.1. The van der Waals surface area contributed by atoms with E-state index in [1.54, 1.807) is 12.2 Å². The number of hydrogen-bond donors (Lipinski definition) is 4. The van der Waals surface area contributed by atoms with Gasteiger partial charge in [0.2, 0.25) is 0 Å². The number of nitrogens with one attached hydrogen (secondary N) is 2. The Morgan fingerprint density at radius 1 is 0.566 bits per heavy atom. The molecule has 268 valence electrons. The van der Waals surface area contributed by atoms with Crippen molar-refractivity contribution in [2.75, 3.05) is 0 Å². The van der Waals surface area contributed by atoms with Gasteiger partial charge in [0.1, 0.15) is 12.1 Å². The number of aliphatic carboxylic acids is 2. The van der Waals surface area contributed by atoms with Gasteiger partial charge in [-0.2, -0.15) is 0 Å². The molecule has 0 saturated heterocycles. The number of carboxylic acids is 2. The van der Waals surface area contributed by atoms with Crippen LogP contribution < -0.4 is 10.6 Å². The van der Waals surface area contributed by atoms with Crippen molar-refractivity contribution in [2.45, 2.75) is 24.9 Å². The Balaban J connectivity index is 0.000000210. The van der Waals surface area contributed by atoms with Gasteiger partial charge >= 0.3 is 55.0 Å². The van der Waals surface area contributed by atoms with Crippen molar-refractivity contribution >= 4 is 46.8 Å². The number of carboxylic acid groups (broad SMARTS) is 2. The zero-order valence-electron chi connectivity index (χ0n) is 28.1. The van der Waals surface area contributed by atoms with Crippen molar-refractivity contribution < 1.29 is 72.5 Å². The number of benzene rings is 4. The summed E-state index contributed by atoms with van der Waals surface area (Å²) in [5.74, 6) is -2.18. The van der Waals surface area contributed by atoms with Crippen LogP contribution in [0.1, 0.15) is 33.4 Å². The van der Waals surface area contributed by atoms with Crippen molar-refractivity contribution in [1.29, 1.82) is 0 Å². The van der Waals surface area contributed by atoms with Crippen molar-refractivity contribution in [2.24, 2.45) is 0 Å². The van der Waals surface area contributed by atoms with Gasteiger partial charge in [0.05, 0.1) is 0 Å². The number of allylic oxidation sites excluding steroid dienone is 4. The van der Waals surface area contributed by atoms with Crippen LogP contribution in [0.4, 0.5) is 0 Å². The fourth-order valence-electron chi connectivity index (χ4n) is 5.37. The molecule has 0 aromatic heterocycles. The Morgan fingerprint density at radius 3 is 1.26 bits per heavy atom. The van der Waals surface area contributed by atoms with Gasteiger partial charge in [0.15, 0.2) is 11.6 Å². The van der Waals surface area contributed by atoms with Gasteiger partial charge in [-0.05, 0) is 45.5 Å². The van der Waals surface area contributed by atoms with Gasteiger partial charge in [0.25, 0.3) is 0 Å². The second-order valence-corrected chi connectivity index (χ2v) is 13.2. The summed E-state index contributed by atoms with van der Waals surface area (Å²) >= 11 is -2.61. The van der Waals surface area contributed by atoms with Gasteiger partial charge in [-0.15, -0.1) is 0 Å². The Bertz CT molecular complexity index is 1920. The van der Waals surface area contributed by atoms with Crippen molar-refractivity contribution in [3.8, 4) is 0 Å². The van der Waals surface area contributed by atoms with Crippen molar-refractivity contribution in [1.82, 2.24) is 10.6 Å². The SMILES string of the molecule is O=C1C=Cc2ccccc2/C1=C/N[C@@H](Cc1ccccc1)C(=O)O.O=C1C=Cc2ccccc2/C1=C/N[C@@H](Cc1ccccc1)C(=O)O.[O]=[V][O][V]=[O]. The van der Waals surface area contributed by atoms with E-state index in [2.05, 4.69) is 13.2 Å². The van der Waals surface area contributed by atoms with Gasteiger partial charge in [-0.25, -0.2) is 9.59 Å². The Labute approximate surface area is 320 Å². The summed E-state index contributed by atoms with van der Waals surface area (Å²) in [5.41, 5.74) is 6.31. The molecule has 0 aliphatic heterocycles. The zero-order chi connectivity index (χ0) is 38.0. The van der Waals surface area contributed by atoms with E-state index >= 15 is 0 Å². The molecule has 0 unspecified atom stereocenters. The number of ketones is 2. The third kappa shape index (κ3) is 12.3. The van der Waals surface area contributed by atoms with Crippen LogP contribution in [0.25, 0.3) is 23.3 Å². The topological polar surface area (TPSA) is 176 Å². The molecule has 4 N–H and O–H groups in total.